The third-order valence-electron chi connectivity index (χ3n) is 4.11. The van der Waals surface area contributed by atoms with Crippen molar-refractivity contribution in [2.75, 3.05) is 5.73 Å². The van der Waals surface area contributed by atoms with Gasteiger partial charge in [-0.15, -0.1) is 0 Å². The number of aliphatic hydroxyl groups excluding tert-OH is 1. The first-order chi connectivity index (χ1) is 11.1. The van der Waals surface area contributed by atoms with Crippen molar-refractivity contribution in [3.63, 3.8) is 0 Å². The number of imidazole rings is 1. The van der Waals surface area contributed by atoms with Crippen molar-refractivity contribution >= 4 is 17.0 Å². The fourth-order valence-corrected chi connectivity index (χ4v) is 2.91. The van der Waals surface area contributed by atoms with E-state index in [1.54, 1.807) is 13.3 Å². The van der Waals surface area contributed by atoms with E-state index in [1.807, 2.05) is 4.57 Å². The maximum absolute atomic E-state index is 10.2. The Morgan fingerprint density at radius 3 is 2.83 bits per heavy atom. The van der Waals surface area contributed by atoms with Crippen molar-refractivity contribution < 1.29 is 5.11 Å². The molecule has 3 N–H and O–H groups in total. The molecule has 2 aromatic heterocycles. The lowest BCUT2D eigenvalue weighted by Gasteiger charge is -2.22. The zero-order valence-corrected chi connectivity index (χ0v) is 13.3. The normalized spacial score (nSPS) is 14.0. The molecule has 0 aliphatic heterocycles. The second-order valence-corrected chi connectivity index (χ2v) is 5.92. The number of nitrogen functional groups attached to an aromatic ring is 1. The van der Waals surface area contributed by atoms with E-state index in [0.29, 0.717) is 17.0 Å². The molecule has 0 aliphatic rings. The molecule has 2 heterocycles. The zero-order valence-electron chi connectivity index (χ0n) is 13.3. The summed E-state index contributed by atoms with van der Waals surface area (Å²) < 4.78 is 1.90. The van der Waals surface area contributed by atoms with Crippen LogP contribution in [0.3, 0.4) is 0 Å². The number of hydrogen-bond donors (Lipinski definition) is 2. The number of nitrogens with two attached hydrogens (primary N) is 1. The van der Waals surface area contributed by atoms with Gasteiger partial charge >= 0.3 is 0 Å². The molecule has 0 saturated carbocycles. The van der Waals surface area contributed by atoms with Crippen LogP contribution < -0.4 is 5.73 Å². The third-order valence-corrected chi connectivity index (χ3v) is 4.11. The fourth-order valence-electron chi connectivity index (χ4n) is 2.91. The molecule has 6 heteroatoms. The number of benzene rings is 1. The molecule has 120 valence electrons. The van der Waals surface area contributed by atoms with E-state index in [0.717, 1.165) is 12.8 Å². The van der Waals surface area contributed by atoms with Gasteiger partial charge in [-0.05, 0) is 32.3 Å². The summed E-state index contributed by atoms with van der Waals surface area (Å²) in [4.78, 5) is 12.5. The summed E-state index contributed by atoms with van der Waals surface area (Å²) in [6.45, 7) is 3.87. The van der Waals surface area contributed by atoms with Crippen molar-refractivity contribution in [1.82, 2.24) is 19.5 Å². The number of aryl methyl sites for hydroxylation is 2. The number of nitrogens with zero attached hydrogens (tertiary/aromatic N) is 4. The van der Waals surface area contributed by atoms with Gasteiger partial charge in [-0.2, -0.15) is 0 Å². The standard InChI is InChI=1S/C17H21N5O/c1-11-4-3-5-13(8-11)6-7-14(12(2)23)22-10-21-15-16(18)19-9-20-17(15)22/h3-5,8-10,12,14,23H,6-7H2,1-2H3,(H2,18,19,20). The van der Waals surface area contributed by atoms with Crippen LogP contribution >= 0.6 is 0 Å². The molecule has 3 rings (SSSR count). The summed E-state index contributed by atoms with van der Waals surface area (Å²) in [5, 5.41) is 10.2. The molecule has 0 fully saturated rings. The van der Waals surface area contributed by atoms with E-state index in [2.05, 4.69) is 46.1 Å². The second kappa shape index (κ2) is 6.34. The van der Waals surface area contributed by atoms with Gasteiger partial charge in [0.1, 0.15) is 11.8 Å². The zero-order chi connectivity index (χ0) is 16.4. The van der Waals surface area contributed by atoms with Crippen LogP contribution in [0.5, 0.6) is 0 Å². The molecular formula is C17H21N5O. The first-order valence-electron chi connectivity index (χ1n) is 7.73. The predicted molar refractivity (Wildman–Crippen MR) is 90.0 cm³/mol. The minimum Gasteiger partial charge on any atom is -0.391 e. The molecule has 6 nitrogen and oxygen atoms in total. The minimum atomic E-state index is -0.520. The average molecular weight is 311 g/mol. The molecule has 2 atom stereocenters. The van der Waals surface area contributed by atoms with Crippen LogP contribution in [0.25, 0.3) is 11.2 Å². The molecule has 1 aromatic carbocycles. The quantitative estimate of drug-likeness (QED) is 0.754. The van der Waals surface area contributed by atoms with Crippen LogP contribution in [0.15, 0.2) is 36.9 Å². The molecule has 0 amide bonds. The molecule has 0 saturated heterocycles. The van der Waals surface area contributed by atoms with Gasteiger partial charge < -0.3 is 15.4 Å². The maximum atomic E-state index is 10.2. The lowest BCUT2D eigenvalue weighted by molar-refractivity contribution is 0.126. The summed E-state index contributed by atoms with van der Waals surface area (Å²) in [5.41, 5.74) is 9.57. The number of aromatic nitrogens is 4. The van der Waals surface area contributed by atoms with Crippen LogP contribution in [-0.2, 0) is 6.42 Å². The molecule has 0 bridgehead atoms. The van der Waals surface area contributed by atoms with Crippen LogP contribution in [0.1, 0.15) is 30.5 Å². The summed E-state index contributed by atoms with van der Waals surface area (Å²) >= 11 is 0. The predicted octanol–water partition coefficient (Wildman–Crippen LogP) is 2.27. The van der Waals surface area contributed by atoms with Gasteiger partial charge in [-0.1, -0.05) is 29.8 Å². The van der Waals surface area contributed by atoms with Gasteiger partial charge in [0, 0.05) is 0 Å². The number of fused-ring (bicyclic) bond motifs is 1. The minimum absolute atomic E-state index is 0.116. The number of hydrogen-bond acceptors (Lipinski definition) is 5. The highest BCUT2D eigenvalue weighted by Gasteiger charge is 2.20. The van der Waals surface area contributed by atoms with E-state index in [-0.39, 0.29) is 6.04 Å². The molecule has 23 heavy (non-hydrogen) atoms. The Hall–Kier alpha value is -2.47. The SMILES string of the molecule is Cc1cccc(CCC(C(C)O)n2cnc3c(N)ncnc32)c1. The summed E-state index contributed by atoms with van der Waals surface area (Å²) in [5.74, 6) is 0.358. The Kier molecular flexibility index (Phi) is 4.25. The maximum Gasteiger partial charge on any atom is 0.165 e. The lowest BCUT2D eigenvalue weighted by atomic mass is 10.0. The number of aliphatic hydroxyl groups is 1. The highest BCUT2D eigenvalue weighted by atomic mass is 16.3. The monoisotopic (exact) mass is 311 g/mol. The smallest absolute Gasteiger partial charge is 0.165 e. The first kappa shape index (κ1) is 15.4. The van der Waals surface area contributed by atoms with Crippen LogP contribution in [0.4, 0.5) is 5.82 Å². The van der Waals surface area contributed by atoms with Crippen molar-refractivity contribution in [1.29, 1.82) is 0 Å². The van der Waals surface area contributed by atoms with E-state index in [9.17, 15) is 5.11 Å². The van der Waals surface area contributed by atoms with E-state index in [1.165, 1.54) is 17.5 Å². The molecule has 3 aromatic rings. The Labute approximate surface area is 135 Å². The molecule has 0 radical (unpaired) electrons. The van der Waals surface area contributed by atoms with Gasteiger partial charge in [0.05, 0.1) is 18.5 Å². The van der Waals surface area contributed by atoms with E-state index < -0.39 is 6.10 Å². The largest absolute Gasteiger partial charge is 0.391 e. The summed E-state index contributed by atoms with van der Waals surface area (Å²) in [7, 11) is 0. The van der Waals surface area contributed by atoms with Crippen LogP contribution in [0.2, 0.25) is 0 Å². The summed E-state index contributed by atoms with van der Waals surface area (Å²) in [6.07, 6.45) is 4.25. The van der Waals surface area contributed by atoms with E-state index >= 15 is 0 Å². The van der Waals surface area contributed by atoms with Gasteiger partial charge in [-0.3, -0.25) is 0 Å². The van der Waals surface area contributed by atoms with Gasteiger partial charge in [0.2, 0.25) is 0 Å². The fraction of sp³-hybridized carbons (Fsp3) is 0.353. The Morgan fingerprint density at radius 2 is 2.09 bits per heavy atom. The highest BCUT2D eigenvalue weighted by Crippen LogP contribution is 2.25. The second-order valence-electron chi connectivity index (χ2n) is 5.92. The Balaban J connectivity index is 1.87. The van der Waals surface area contributed by atoms with Gasteiger partial charge in [0.25, 0.3) is 0 Å². The van der Waals surface area contributed by atoms with E-state index in [4.69, 9.17) is 5.73 Å². The average Bonchev–Trinajstić information content (AvgIpc) is 2.93. The summed E-state index contributed by atoms with van der Waals surface area (Å²) in [6, 6.07) is 8.31. The van der Waals surface area contributed by atoms with Crippen LogP contribution in [-0.4, -0.2) is 30.7 Å². The molecule has 0 aliphatic carbocycles. The molecule has 0 spiro atoms. The van der Waals surface area contributed by atoms with Crippen molar-refractivity contribution in [2.24, 2.45) is 0 Å². The topological polar surface area (TPSA) is 89.8 Å². The molecule has 2 unspecified atom stereocenters. The lowest BCUT2D eigenvalue weighted by Crippen LogP contribution is -2.22. The van der Waals surface area contributed by atoms with Crippen LogP contribution in [0, 0.1) is 6.92 Å². The number of anilines is 1. The first-order valence-corrected chi connectivity index (χ1v) is 7.73. The van der Waals surface area contributed by atoms with Crippen molar-refractivity contribution in [3.05, 3.63) is 48.0 Å². The Bertz CT molecular complexity index is 812. The number of rotatable bonds is 5. The third kappa shape index (κ3) is 3.17. The van der Waals surface area contributed by atoms with Crippen molar-refractivity contribution in [3.8, 4) is 0 Å². The highest BCUT2D eigenvalue weighted by molar-refractivity contribution is 5.81. The van der Waals surface area contributed by atoms with Gasteiger partial charge in [0.15, 0.2) is 11.5 Å². The van der Waals surface area contributed by atoms with Crippen molar-refractivity contribution in [2.45, 2.75) is 38.8 Å². The Morgan fingerprint density at radius 1 is 1.26 bits per heavy atom. The van der Waals surface area contributed by atoms with Gasteiger partial charge in [-0.25, -0.2) is 15.0 Å². The molecular weight excluding hydrogens is 290 g/mol.